The van der Waals surface area contributed by atoms with Crippen molar-refractivity contribution in [1.82, 2.24) is 19.7 Å². The number of benzene rings is 1. The highest BCUT2D eigenvalue weighted by molar-refractivity contribution is 5.86. The maximum absolute atomic E-state index is 14.8. The molecule has 3 aromatic heterocycles. The van der Waals surface area contributed by atoms with Crippen molar-refractivity contribution in [2.24, 2.45) is 0 Å². The lowest BCUT2D eigenvalue weighted by molar-refractivity contribution is -0.138. The fourth-order valence-electron chi connectivity index (χ4n) is 3.99. The predicted molar refractivity (Wildman–Crippen MR) is 128 cm³/mol. The summed E-state index contributed by atoms with van der Waals surface area (Å²) in [6.07, 6.45) is -0.227. The molecule has 0 fully saturated rings. The van der Waals surface area contributed by atoms with Crippen molar-refractivity contribution in [1.29, 1.82) is 5.26 Å². The van der Waals surface area contributed by atoms with E-state index in [0.29, 0.717) is 29.5 Å². The van der Waals surface area contributed by atoms with Crippen LogP contribution in [-0.2, 0) is 12.7 Å². The first-order chi connectivity index (χ1) is 17.6. The van der Waals surface area contributed by atoms with Crippen LogP contribution in [-0.4, -0.2) is 25.8 Å². The molecule has 1 aromatic carbocycles. The molecule has 37 heavy (non-hydrogen) atoms. The maximum Gasteiger partial charge on any atom is 0.423 e. The highest BCUT2D eigenvalue weighted by atomic mass is 19.4. The van der Waals surface area contributed by atoms with Gasteiger partial charge < -0.3 is 9.88 Å². The Labute approximate surface area is 207 Å². The fraction of sp³-hybridized carbons (Fsp3) is 0.240. The number of hydrogen-bond donors (Lipinski definition) is 2. The molecule has 0 bridgehead atoms. The molecule has 0 aliphatic heterocycles. The molecule has 4 aromatic rings. The largest absolute Gasteiger partial charge is 0.423 e. The SMILES string of the molecule is C[C@@H](CCCn1ccc2cc(-c3ccc(C#N)cn3)c(F)cc2c1=O)Nc1cn[nH]c(=O)c1C(F)(F)F. The van der Waals surface area contributed by atoms with Crippen LogP contribution in [0, 0.1) is 17.1 Å². The minimum Gasteiger partial charge on any atom is -0.381 e. The Morgan fingerprint density at radius 3 is 2.65 bits per heavy atom. The summed E-state index contributed by atoms with van der Waals surface area (Å²) >= 11 is 0. The molecule has 1 atom stereocenters. The Bertz CT molecular complexity index is 1600. The lowest BCUT2D eigenvalue weighted by Crippen LogP contribution is -2.27. The Balaban J connectivity index is 1.47. The minimum absolute atomic E-state index is 0.174. The van der Waals surface area contributed by atoms with E-state index in [2.05, 4.69) is 15.4 Å². The molecule has 190 valence electrons. The van der Waals surface area contributed by atoms with Crippen LogP contribution < -0.4 is 16.4 Å². The Hall–Kier alpha value is -4.53. The predicted octanol–water partition coefficient (Wildman–Crippen LogP) is 4.46. The number of fused-ring (bicyclic) bond motifs is 1. The summed E-state index contributed by atoms with van der Waals surface area (Å²) in [4.78, 5) is 28.6. The van der Waals surface area contributed by atoms with Gasteiger partial charge in [0, 0.05) is 30.5 Å². The first-order valence-electron chi connectivity index (χ1n) is 11.2. The van der Waals surface area contributed by atoms with Crippen molar-refractivity contribution >= 4 is 16.5 Å². The van der Waals surface area contributed by atoms with Gasteiger partial charge in [0.1, 0.15) is 17.4 Å². The zero-order valence-corrected chi connectivity index (χ0v) is 19.4. The molecule has 0 spiro atoms. The van der Waals surface area contributed by atoms with Gasteiger partial charge in [-0.15, -0.1) is 0 Å². The van der Waals surface area contributed by atoms with Gasteiger partial charge in [-0.05, 0) is 55.5 Å². The number of alkyl halides is 3. The van der Waals surface area contributed by atoms with Crippen molar-refractivity contribution < 1.29 is 17.6 Å². The number of H-pyrrole nitrogens is 1. The number of rotatable bonds is 7. The molecule has 0 saturated carbocycles. The zero-order chi connectivity index (χ0) is 26.7. The number of nitrogens with one attached hydrogen (secondary N) is 2. The van der Waals surface area contributed by atoms with E-state index in [1.54, 1.807) is 24.3 Å². The summed E-state index contributed by atoms with van der Waals surface area (Å²) in [5.74, 6) is -0.635. The molecule has 3 heterocycles. The van der Waals surface area contributed by atoms with Crippen LogP contribution in [0.15, 0.2) is 58.5 Å². The standard InChI is InChI=1S/C25H20F4N6O2/c1-14(33-21-13-32-34-23(36)22(21)25(27,28)29)3-2-7-35-8-6-16-9-18(19(26)10-17(16)24(35)37)20-5-4-15(11-30)12-31-20/h4-6,8-10,12-14H,2-3,7H2,1H3,(H2,33,34,36)/t14-/m0/s1. The second-order valence-electron chi connectivity index (χ2n) is 8.45. The molecule has 0 aliphatic carbocycles. The van der Waals surface area contributed by atoms with Gasteiger partial charge in [0.15, 0.2) is 0 Å². The number of hydrogen-bond acceptors (Lipinski definition) is 6. The molecule has 0 aliphatic rings. The topological polar surface area (TPSA) is 116 Å². The average Bonchev–Trinajstić information content (AvgIpc) is 2.85. The first-order valence-corrected chi connectivity index (χ1v) is 11.2. The fourth-order valence-corrected chi connectivity index (χ4v) is 3.99. The monoisotopic (exact) mass is 512 g/mol. The summed E-state index contributed by atoms with van der Waals surface area (Å²) in [6, 6.07) is 8.87. The van der Waals surface area contributed by atoms with E-state index < -0.39 is 40.4 Å². The van der Waals surface area contributed by atoms with Crippen molar-refractivity contribution in [2.75, 3.05) is 5.32 Å². The Morgan fingerprint density at radius 1 is 1.19 bits per heavy atom. The molecule has 0 radical (unpaired) electrons. The highest BCUT2D eigenvalue weighted by Crippen LogP contribution is 2.32. The smallest absolute Gasteiger partial charge is 0.381 e. The van der Waals surface area contributed by atoms with E-state index >= 15 is 0 Å². The number of nitriles is 1. The second-order valence-corrected chi connectivity index (χ2v) is 8.45. The van der Waals surface area contributed by atoms with Crippen LogP contribution in [0.4, 0.5) is 23.2 Å². The van der Waals surface area contributed by atoms with Gasteiger partial charge in [-0.1, -0.05) is 0 Å². The van der Waals surface area contributed by atoms with Gasteiger partial charge in [0.05, 0.1) is 28.5 Å². The summed E-state index contributed by atoms with van der Waals surface area (Å²) < 4.78 is 55.9. The molecule has 0 unspecified atom stereocenters. The van der Waals surface area contributed by atoms with Crippen molar-refractivity contribution in [3.8, 4) is 17.3 Å². The summed E-state index contributed by atoms with van der Waals surface area (Å²) in [6.45, 7) is 1.90. The van der Waals surface area contributed by atoms with Crippen molar-refractivity contribution in [3.63, 3.8) is 0 Å². The van der Waals surface area contributed by atoms with Crippen molar-refractivity contribution in [2.45, 2.75) is 38.5 Å². The van der Waals surface area contributed by atoms with E-state index in [1.165, 1.54) is 29.0 Å². The van der Waals surface area contributed by atoms with Crippen LogP contribution in [0.5, 0.6) is 0 Å². The first kappa shape index (κ1) is 25.6. The number of anilines is 1. The van der Waals surface area contributed by atoms with Crippen LogP contribution in [0.2, 0.25) is 0 Å². The lowest BCUT2D eigenvalue weighted by atomic mass is 10.0. The minimum atomic E-state index is -4.84. The Morgan fingerprint density at radius 2 is 1.97 bits per heavy atom. The number of aromatic amines is 1. The summed E-state index contributed by atoms with van der Waals surface area (Å²) in [5, 5.41) is 17.5. The molecule has 2 N–H and O–H groups in total. The van der Waals surface area contributed by atoms with Gasteiger partial charge in [0.25, 0.3) is 11.1 Å². The van der Waals surface area contributed by atoms with E-state index in [1.807, 2.05) is 6.07 Å². The van der Waals surface area contributed by atoms with E-state index in [9.17, 15) is 27.2 Å². The van der Waals surface area contributed by atoms with E-state index in [0.717, 1.165) is 12.3 Å². The van der Waals surface area contributed by atoms with Gasteiger partial charge in [-0.3, -0.25) is 14.6 Å². The lowest BCUT2D eigenvalue weighted by Gasteiger charge is -2.18. The van der Waals surface area contributed by atoms with Gasteiger partial charge in [0.2, 0.25) is 0 Å². The molecule has 0 amide bonds. The van der Waals surface area contributed by atoms with Crippen LogP contribution in [0.3, 0.4) is 0 Å². The second kappa shape index (κ2) is 10.2. The summed E-state index contributed by atoms with van der Waals surface area (Å²) in [5.41, 5.74) is -2.65. The van der Waals surface area contributed by atoms with Crippen LogP contribution in [0.1, 0.15) is 30.9 Å². The maximum atomic E-state index is 14.8. The zero-order valence-electron chi connectivity index (χ0n) is 19.4. The van der Waals surface area contributed by atoms with Gasteiger partial charge >= 0.3 is 6.18 Å². The van der Waals surface area contributed by atoms with Crippen molar-refractivity contribution in [3.05, 3.63) is 86.6 Å². The summed E-state index contributed by atoms with van der Waals surface area (Å²) in [7, 11) is 0. The molecule has 12 heteroatoms. The van der Waals surface area contributed by atoms with E-state index in [-0.39, 0.29) is 17.5 Å². The Kier molecular flexibility index (Phi) is 7.06. The number of pyridine rings is 2. The highest BCUT2D eigenvalue weighted by Gasteiger charge is 2.37. The third kappa shape index (κ3) is 5.50. The molecule has 0 saturated heterocycles. The number of aryl methyl sites for hydroxylation is 1. The van der Waals surface area contributed by atoms with Crippen LogP contribution >= 0.6 is 0 Å². The third-order valence-electron chi connectivity index (χ3n) is 5.81. The normalized spacial score (nSPS) is 12.3. The van der Waals surface area contributed by atoms with Gasteiger partial charge in [-0.2, -0.15) is 23.5 Å². The van der Waals surface area contributed by atoms with Gasteiger partial charge in [-0.25, -0.2) is 9.49 Å². The quantitative estimate of drug-likeness (QED) is 0.353. The van der Waals surface area contributed by atoms with Crippen LogP contribution in [0.25, 0.3) is 22.0 Å². The molecule has 4 rings (SSSR count). The third-order valence-corrected chi connectivity index (χ3v) is 5.81. The molecular formula is C25H20F4N6O2. The number of aromatic nitrogens is 4. The molecular weight excluding hydrogens is 492 g/mol. The average molecular weight is 512 g/mol. The number of halogens is 4. The number of nitrogens with zero attached hydrogens (tertiary/aromatic N) is 4. The molecule has 8 nitrogen and oxygen atoms in total. The van der Waals surface area contributed by atoms with E-state index in [4.69, 9.17) is 5.26 Å².